The van der Waals surface area contributed by atoms with Gasteiger partial charge in [-0.2, -0.15) is 13.2 Å². The average Bonchev–Trinajstić information content (AvgIpc) is 2.37. The Morgan fingerprint density at radius 2 is 1.68 bits per heavy atom. The summed E-state index contributed by atoms with van der Waals surface area (Å²) in [6.45, 7) is 0. The predicted octanol–water partition coefficient (Wildman–Crippen LogP) is 3.61. The molecule has 2 aromatic carbocycles. The van der Waals surface area contributed by atoms with Gasteiger partial charge in [0.2, 0.25) is 0 Å². The molecule has 0 spiro atoms. The number of alkyl halides is 3. The lowest BCUT2D eigenvalue weighted by atomic mass is 9.88. The van der Waals surface area contributed by atoms with Crippen LogP contribution in [0, 0.1) is 12.3 Å². The van der Waals surface area contributed by atoms with Crippen molar-refractivity contribution in [3.8, 4) is 12.3 Å². The van der Waals surface area contributed by atoms with Crippen molar-refractivity contribution in [2.75, 3.05) is 0 Å². The third-order valence-corrected chi connectivity index (χ3v) is 3.05. The molecule has 0 bridgehead atoms. The van der Waals surface area contributed by atoms with Crippen LogP contribution < -0.4 is 0 Å². The van der Waals surface area contributed by atoms with Gasteiger partial charge in [-0.3, -0.25) is 0 Å². The highest BCUT2D eigenvalue weighted by molar-refractivity contribution is 5.83. The second-order valence-electron chi connectivity index (χ2n) is 4.30. The van der Waals surface area contributed by atoms with E-state index in [1.165, 1.54) is 18.2 Å². The van der Waals surface area contributed by atoms with Crippen LogP contribution >= 0.6 is 0 Å². The van der Waals surface area contributed by atoms with Gasteiger partial charge in [0.15, 0.2) is 5.60 Å². The summed E-state index contributed by atoms with van der Waals surface area (Å²) >= 11 is 0. The van der Waals surface area contributed by atoms with Gasteiger partial charge in [-0.1, -0.05) is 36.4 Å². The molecular formula is C15H11F3O. The fourth-order valence-corrected chi connectivity index (χ4v) is 1.96. The highest BCUT2D eigenvalue weighted by atomic mass is 19.4. The first-order chi connectivity index (χ1) is 8.88. The first kappa shape index (κ1) is 13.4. The monoisotopic (exact) mass is 264 g/mol. The molecule has 0 aliphatic rings. The van der Waals surface area contributed by atoms with E-state index in [0.29, 0.717) is 5.39 Å². The maximum absolute atomic E-state index is 13.0. The Morgan fingerprint density at radius 3 is 2.26 bits per heavy atom. The molecule has 2 aromatic rings. The van der Waals surface area contributed by atoms with Crippen LogP contribution in [0.15, 0.2) is 42.5 Å². The second-order valence-corrected chi connectivity index (χ2v) is 4.30. The molecule has 0 heterocycles. The second kappa shape index (κ2) is 4.60. The fourth-order valence-electron chi connectivity index (χ4n) is 1.96. The van der Waals surface area contributed by atoms with Gasteiger partial charge in [-0.25, -0.2) is 0 Å². The van der Waals surface area contributed by atoms with Crippen LogP contribution in [0.25, 0.3) is 10.8 Å². The highest BCUT2D eigenvalue weighted by Crippen LogP contribution is 2.42. The van der Waals surface area contributed by atoms with Crippen LogP contribution in [-0.4, -0.2) is 11.3 Å². The van der Waals surface area contributed by atoms with Crippen LogP contribution in [-0.2, 0) is 5.60 Å². The molecule has 0 aromatic heterocycles. The SMILES string of the molecule is C#CC[C@@](O)(c1ccc2ccccc2c1)C(F)(F)F. The number of aliphatic hydroxyl groups is 1. The smallest absolute Gasteiger partial charge is 0.376 e. The van der Waals surface area contributed by atoms with E-state index in [4.69, 9.17) is 6.42 Å². The Balaban J connectivity index is 2.61. The topological polar surface area (TPSA) is 20.2 Å². The molecule has 0 unspecified atom stereocenters. The summed E-state index contributed by atoms with van der Waals surface area (Å²) in [5.74, 6) is 1.89. The zero-order valence-corrected chi connectivity index (χ0v) is 9.91. The molecule has 98 valence electrons. The maximum atomic E-state index is 13.0. The minimum Gasteiger partial charge on any atom is -0.376 e. The Bertz CT molecular complexity index is 640. The highest BCUT2D eigenvalue weighted by Gasteiger charge is 2.54. The zero-order valence-electron chi connectivity index (χ0n) is 9.91. The van der Waals surface area contributed by atoms with Gasteiger partial charge in [-0.05, 0) is 22.4 Å². The van der Waals surface area contributed by atoms with Crippen molar-refractivity contribution >= 4 is 10.8 Å². The van der Waals surface area contributed by atoms with Gasteiger partial charge in [0.1, 0.15) is 0 Å². The third kappa shape index (κ3) is 2.29. The van der Waals surface area contributed by atoms with E-state index in [1.54, 1.807) is 24.3 Å². The van der Waals surface area contributed by atoms with Crippen LogP contribution in [0.5, 0.6) is 0 Å². The van der Waals surface area contributed by atoms with Crippen molar-refractivity contribution in [1.82, 2.24) is 0 Å². The lowest BCUT2D eigenvalue weighted by Crippen LogP contribution is -2.42. The minimum atomic E-state index is -4.82. The summed E-state index contributed by atoms with van der Waals surface area (Å²) in [5.41, 5.74) is -3.25. The molecular weight excluding hydrogens is 253 g/mol. The molecule has 4 heteroatoms. The van der Waals surface area contributed by atoms with Crippen LogP contribution in [0.3, 0.4) is 0 Å². The van der Waals surface area contributed by atoms with E-state index in [2.05, 4.69) is 0 Å². The number of fused-ring (bicyclic) bond motifs is 1. The molecule has 1 atom stereocenters. The van der Waals surface area contributed by atoms with Gasteiger partial charge in [0, 0.05) is 0 Å². The molecule has 0 fully saturated rings. The molecule has 0 aliphatic heterocycles. The van der Waals surface area contributed by atoms with Crippen molar-refractivity contribution in [2.24, 2.45) is 0 Å². The Kier molecular flexibility index (Phi) is 3.25. The van der Waals surface area contributed by atoms with Crippen LogP contribution in [0.1, 0.15) is 12.0 Å². The van der Waals surface area contributed by atoms with Gasteiger partial charge < -0.3 is 5.11 Å². The van der Waals surface area contributed by atoms with E-state index in [1.807, 2.05) is 5.92 Å². The number of rotatable bonds is 2. The molecule has 0 amide bonds. The minimum absolute atomic E-state index is 0.239. The predicted molar refractivity (Wildman–Crippen MR) is 67.3 cm³/mol. The van der Waals surface area contributed by atoms with E-state index in [-0.39, 0.29) is 5.56 Å². The lowest BCUT2D eigenvalue weighted by Gasteiger charge is -2.29. The van der Waals surface area contributed by atoms with E-state index in [9.17, 15) is 18.3 Å². The Morgan fingerprint density at radius 1 is 1.05 bits per heavy atom. The van der Waals surface area contributed by atoms with Crippen LogP contribution in [0.2, 0.25) is 0 Å². The number of hydrogen-bond acceptors (Lipinski definition) is 1. The van der Waals surface area contributed by atoms with Crippen molar-refractivity contribution in [3.05, 3.63) is 48.0 Å². The third-order valence-electron chi connectivity index (χ3n) is 3.05. The molecule has 1 nitrogen and oxygen atoms in total. The first-order valence-corrected chi connectivity index (χ1v) is 5.60. The quantitative estimate of drug-likeness (QED) is 0.821. The van der Waals surface area contributed by atoms with Crippen molar-refractivity contribution in [1.29, 1.82) is 0 Å². The standard InChI is InChI=1S/C15H11F3O/c1-2-9-14(19,15(16,17)18)13-8-7-11-5-3-4-6-12(11)10-13/h1,3-8,10,19H,9H2/t14-/m1/s1. The van der Waals surface area contributed by atoms with Crippen molar-refractivity contribution < 1.29 is 18.3 Å². The lowest BCUT2D eigenvalue weighted by molar-refractivity contribution is -0.264. The van der Waals surface area contributed by atoms with Crippen molar-refractivity contribution in [3.63, 3.8) is 0 Å². The summed E-state index contributed by atoms with van der Waals surface area (Å²) < 4.78 is 39.1. The number of benzene rings is 2. The van der Waals surface area contributed by atoms with Gasteiger partial charge in [0.05, 0.1) is 6.42 Å². The van der Waals surface area contributed by atoms with E-state index < -0.39 is 18.2 Å². The average molecular weight is 264 g/mol. The molecule has 2 rings (SSSR count). The largest absolute Gasteiger partial charge is 0.422 e. The summed E-state index contributed by atoms with van der Waals surface area (Å²) in [5, 5.41) is 11.3. The number of hydrogen-bond donors (Lipinski definition) is 1. The van der Waals surface area contributed by atoms with Gasteiger partial charge in [0.25, 0.3) is 0 Å². The summed E-state index contributed by atoms with van der Waals surface area (Å²) in [7, 11) is 0. The molecule has 0 saturated heterocycles. The number of terminal acetylenes is 1. The zero-order chi connectivity index (χ0) is 14.1. The van der Waals surface area contributed by atoms with Crippen LogP contribution in [0.4, 0.5) is 13.2 Å². The van der Waals surface area contributed by atoms with Crippen molar-refractivity contribution in [2.45, 2.75) is 18.2 Å². The molecule has 0 saturated carbocycles. The molecule has 0 aliphatic carbocycles. The Labute approximate surface area is 108 Å². The summed E-state index contributed by atoms with van der Waals surface area (Å²) in [6, 6.07) is 11.1. The van der Waals surface area contributed by atoms with Gasteiger partial charge in [-0.15, -0.1) is 12.3 Å². The van der Waals surface area contributed by atoms with E-state index in [0.717, 1.165) is 5.39 Å². The summed E-state index contributed by atoms with van der Waals surface area (Å²) in [6.07, 6.45) is -0.677. The number of halogens is 3. The fraction of sp³-hybridized carbons (Fsp3) is 0.200. The molecule has 0 radical (unpaired) electrons. The molecule has 1 N–H and O–H groups in total. The maximum Gasteiger partial charge on any atom is 0.422 e. The normalized spacial score (nSPS) is 14.9. The molecule has 19 heavy (non-hydrogen) atoms. The first-order valence-electron chi connectivity index (χ1n) is 5.60. The summed E-state index contributed by atoms with van der Waals surface area (Å²) in [4.78, 5) is 0. The van der Waals surface area contributed by atoms with E-state index >= 15 is 0 Å². The Hall–Kier alpha value is -1.99. The van der Waals surface area contributed by atoms with Gasteiger partial charge >= 0.3 is 6.18 Å².